The lowest BCUT2D eigenvalue weighted by molar-refractivity contribution is 0.00108. The fourth-order valence-electron chi connectivity index (χ4n) is 3.53. The number of ether oxygens (including phenoxy) is 1. The van der Waals surface area contributed by atoms with Gasteiger partial charge in [-0.25, -0.2) is 4.79 Å². The Hall–Kier alpha value is -2.20. The lowest BCUT2D eigenvalue weighted by atomic mass is 10.1. The maximum atomic E-state index is 12.6. The maximum absolute atomic E-state index is 12.6. The number of aromatic amines is 1. The van der Waals surface area contributed by atoms with Gasteiger partial charge in [-0.15, -0.1) is 22.7 Å². The third kappa shape index (κ3) is 3.46. The number of fused-ring (bicyclic) bond motifs is 1. The summed E-state index contributed by atoms with van der Waals surface area (Å²) in [6.07, 6.45) is -0.632. The number of carbonyl (C=O) groups is 1. The average Bonchev–Trinajstić information content (AvgIpc) is 3.38. The van der Waals surface area contributed by atoms with Crippen LogP contribution in [0.25, 0.3) is 10.9 Å². The summed E-state index contributed by atoms with van der Waals surface area (Å²) in [5.74, 6) is -0.604. The fraction of sp³-hybridized carbons (Fsp3) is 0.368. The molecule has 1 aliphatic heterocycles. The Bertz CT molecular complexity index is 1020. The summed E-state index contributed by atoms with van der Waals surface area (Å²) in [5.41, 5.74) is 0.975. The van der Waals surface area contributed by atoms with Crippen molar-refractivity contribution < 1.29 is 14.6 Å². The van der Waals surface area contributed by atoms with Crippen LogP contribution in [0.2, 0.25) is 0 Å². The van der Waals surface area contributed by atoms with E-state index < -0.39 is 17.8 Å². The molecule has 4 heterocycles. The van der Waals surface area contributed by atoms with Crippen LogP contribution in [0.3, 0.4) is 0 Å². The van der Waals surface area contributed by atoms with Crippen molar-refractivity contribution in [1.29, 1.82) is 0 Å². The van der Waals surface area contributed by atoms with Crippen molar-refractivity contribution in [3.05, 3.63) is 49.1 Å². The number of nitrogens with zero attached hydrogens (tertiary/aromatic N) is 2. The predicted octanol–water partition coefficient (Wildman–Crippen LogP) is 2.64. The van der Waals surface area contributed by atoms with Gasteiger partial charge in [-0.1, -0.05) is 6.07 Å². The topological polar surface area (TPSA) is 85.9 Å². The number of nitrogens with one attached hydrogen (secondary N) is 1. The Labute approximate surface area is 169 Å². The largest absolute Gasteiger partial charge is 0.462 e. The third-order valence-corrected chi connectivity index (χ3v) is 6.54. The molecule has 0 saturated carbocycles. The summed E-state index contributed by atoms with van der Waals surface area (Å²) < 4.78 is 5.14. The van der Waals surface area contributed by atoms with E-state index >= 15 is 0 Å². The highest BCUT2D eigenvalue weighted by molar-refractivity contribution is 7.10. The highest BCUT2D eigenvalue weighted by atomic mass is 32.1. The molecule has 1 atom stereocenters. The summed E-state index contributed by atoms with van der Waals surface area (Å²) in [5, 5.41) is 17.2. The van der Waals surface area contributed by atoms with E-state index in [1.165, 1.54) is 22.7 Å². The molecule has 28 heavy (non-hydrogen) atoms. The minimum absolute atomic E-state index is 0.0556. The Morgan fingerprint density at radius 2 is 2.11 bits per heavy atom. The zero-order valence-electron chi connectivity index (χ0n) is 15.4. The number of piperazine rings is 1. The first kappa shape index (κ1) is 19.1. The lowest BCUT2D eigenvalue weighted by Gasteiger charge is -2.38. The zero-order chi connectivity index (χ0) is 19.7. The second-order valence-corrected chi connectivity index (χ2v) is 8.23. The summed E-state index contributed by atoms with van der Waals surface area (Å²) >= 11 is 3.01. The minimum atomic E-state index is -0.632. The molecular formula is C19H21N3O4S2. The summed E-state index contributed by atoms with van der Waals surface area (Å²) in [7, 11) is 0. The monoisotopic (exact) mass is 419 g/mol. The van der Waals surface area contributed by atoms with E-state index in [1.807, 2.05) is 38.1 Å². The Morgan fingerprint density at radius 1 is 1.32 bits per heavy atom. The number of esters is 1. The number of rotatable bonds is 5. The summed E-state index contributed by atoms with van der Waals surface area (Å²) in [4.78, 5) is 32.9. The van der Waals surface area contributed by atoms with Gasteiger partial charge >= 0.3 is 5.97 Å². The molecule has 3 aromatic rings. The van der Waals surface area contributed by atoms with Crippen molar-refractivity contribution in [3.63, 3.8) is 0 Å². The number of hydrogen-bond acceptors (Lipinski definition) is 8. The standard InChI is InChI=1S/C19H21N3O4S2/c1-2-26-19(25)15-16(12-10-27-11-13(12)20-17(15)23)21-5-7-22(8-6-21)18(24)14-4-3-9-28-14/h3-4,9-11,18,24H,2,5-8H2,1H3,(H,20,23). The molecule has 0 amide bonds. The fourth-order valence-corrected chi connectivity index (χ4v) is 5.04. The van der Waals surface area contributed by atoms with Crippen LogP contribution in [0.1, 0.15) is 28.4 Å². The molecule has 148 valence electrons. The van der Waals surface area contributed by atoms with E-state index in [-0.39, 0.29) is 12.2 Å². The first-order valence-corrected chi connectivity index (χ1v) is 10.9. The zero-order valence-corrected chi connectivity index (χ0v) is 17.0. The van der Waals surface area contributed by atoms with Crippen LogP contribution in [0.15, 0.2) is 33.1 Å². The SMILES string of the molecule is CCOC(=O)c1c(N2CCN(C(O)c3cccs3)CC2)c2cscc2[nH]c1=O. The third-order valence-electron chi connectivity index (χ3n) is 4.88. The number of H-pyrrole nitrogens is 1. The van der Waals surface area contributed by atoms with E-state index in [4.69, 9.17) is 4.74 Å². The first-order chi connectivity index (χ1) is 13.6. The van der Waals surface area contributed by atoms with Gasteiger partial charge in [-0.3, -0.25) is 9.69 Å². The summed E-state index contributed by atoms with van der Waals surface area (Å²) in [6.45, 7) is 4.38. The smallest absolute Gasteiger partial charge is 0.345 e. The van der Waals surface area contributed by atoms with Crippen LogP contribution >= 0.6 is 22.7 Å². The number of thiophene rings is 2. The molecule has 1 unspecified atom stereocenters. The van der Waals surface area contributed by atoms with E-state index in [0.29, 0.717) is 31.9 Å². The Morgan fingerprint density at radius 3 is 2.79 bits per heavy atom. The quantitative estimate of drug-likeness (QED) is 0.619. The first-order valence-electron chi connectivity index (χ1n) is 9.10. The Kier molecular flexibility index (Phi) is 5.49. The van der Waals surface area contributed by atoms with Gasteiger partial charge in [-0.2, -0.15) is 0 Å². The molecule has 0 aromatic carbocycles. The lowest BCUT2D eigenvalue weighted by Crippen LogP contribution is -2.48. The molecule has 0 spiro atoms. The Balaban J connectivity index is 1.64. The molecule has 4 rings (SSSR count). The molecule has 3 aromatic heterocycles. The number of aromatic nitrogens is 1. The molecule has 1 saturated heterocycles. The van der Waals surface area contributed by atoms with Gasteiger partial charge < -0.3 is 19.7 Å². The molecule has 0 aliphatic carbocycles. The van der Waals surface area contributed by atoms with Crippen molar-refractivity contribution in [2.24, 2.45) is 0 Å². The van der Waals surface area contributed by atoms with Crippen LogP contribution in [0, 0.1) is 0 Å². The summed E-state index contributed by atoms with van der Waals surface area (Å²) in [6, 6.07) is 3.85. The maximum Gasteiger partial charge on any atom is 0.345 e. The van der Waals surface area contributed by atoms with Crippen LogP contribution in [-0.2, 0) is 4.74 Å². The number of anilines is 1. The van der Waals surface area contributed by atoms with Gasteiger partial charge in [0, 0.05) is 47.2 Å². The van der Waals surface area contributed by atoms with Crippen LogP contribution in [-0.4, -0.2) is 53.7 Å². The average molecular weight is 420 g/mol. The van der Waals surface area contributed by atoms with Gasteiger partial charge in [0.05, 0.1) is 17.8 Å². The van der Waals surface area contributed by atoms with Crippen molar-refractivity contribution in [3.8, 4) is 0 Å². The van der Waals surface area contributed by atoms with Crippen molar-refractivity contribution in [1.82, 2.24) is 9.88 Å². The van der Waals surface area contributed by atoms with Crippen LogP contribution in [0.4, 0.5) is 5.69 Å². The van der Waals surface area contributed by atoms with Crippen LogP contribution in [0.5, 0.6) is 0 Å². The second kappa shape index (κ2) is 8.04. The van der Waals surface area contributed by atoms with E-state index in [2.05, 4.69) is 4.98 Å². The van der Waals surface area contributed by atoms with Gasteiger partial charge in [0.15, 0.2) is 0 Å². The predicted molar refractivity (Wildman–Crippen MR) is 111 cm³/mol. The number of aliphatic hydroxyl groups excluding tert-OH is 1. The van der Waals surface area contributed by atoms with Crippen molar-refractivity contribution >= 4 is 45.2 Å². The normalized spacial score (nSPS) is 16.4. The number of aliphatic hydroxyl groups is 1. The second-order valence-electron chi connectivity index (χ2n) is 6.51. The van der Waals surface area contributed by atoms with E-state index in [9.17, 15) is 14.7 Å². The molecular weight excluding hydrogens is 398 g/mol. The van der Waals surface area contributed by atoms with Gasteiger partial charge in [0.2, 0.25) is 0 Å². The highest BCUT2D eigenvalue weighted by Crippen LogP contribution is 2.32. The number of carbonyl (C=O) groups excluding carboxylic acids is 1. The molecule has 7 nitrogen and oxygen atoms in total. The van der Waals surface area contributed by atoms with Crippen molar-refractivity contribution in [2.75, 3.05) is 37.7 Å². The van der Waals surface area contributed by atoms with Crippen LogP contribution < -0.4 is 10.5 Å². The molecule has 1 aliphatic rings. The molecule has 1 fully saturated rings. The molecule has 9 heteroatoms. The van der Waals surface area contributed by atoms with Gasteiger partial charge in [0.1, 0.15) is 11.8 Å². The molecule has 0 radical (unpaired) electrons. The number of hydrogen-bond donors (Lipinski definition) is 2. The van der Waals surface area contributed by atoms with E-state index in [0.717, 1.165) is 15.8 Å². The number of pyridine rings is 1. The molecule has 0 bridgehead atoms. The van der Waals surface area contributed by atoms with E-state index in [1.54, 1.807) is 6.92 Å². The van der Waals surface area contributed by atoms with Gasteiger partial charge in [-0.05, 0) is 18.4 Å². The van der Waals surface area contributed by atoms with Crippen molar-refractivity contribution in [2.45, 2.75) is 13.2 Å². The minimum Gasteiger partial charge on any atom is -0.462 e. The highest BCUT2D eigenvalue weighted by Gasteiger charge is 2.29. The van der Waals surface area contributed by atoms with Gasteiger partial charge in [0.25, 0.3) is 5.56 Å². The molecule has 2 N–H and O–H groups in total.